The van der Waals surface area contributed by atoms with Crippen molar-refractivity contribution >= 4 is 10.2 Å². The first-order valence-corrected chi connectivity index (χ1v) is 8.67. The van der Waals surface area contributed by atoms with Crippen molar-refractivity contribution in [3.05, 3.63) is 0 Å². The summed E-state index contributed by atoms with van der Waals surface area (Å²) in [5.41, 5.74) is 0. The third-order valence-electron chi connectivity index (χ3n) is 3.72. The van der Waals surface area contributed by atoms with Gasteiger partial charge >= 0.3 is 0 Å². The van der Waals surface area contributed by atoms with Crippen molar-refractivity contribution in [2.24, 2.45) is 5.92 Å². The minimum atomic E-state index is -3.30. The molecule has 1 saturated heterocycles. The average molecular weight is 291 g/mol. The second-order valence-corrected chi connectivity index (χ2v) is 7.82. The van der Waals surface area contributed by atoms with Gasteiger partial charge in [-0.1, -0.05) is 20.3 Å². The van der Waals surface area contributed by atoms with E-state index in [1.807, 2.05) is 7.05 Å². The van der Waals surface area contributed by atoms with Gasteiger partial charge in [0.1, 0.15) is 0 Å². The molecule has 0 bridgehead atoms. The van der Waals surface area contributed by atoms with Crippen LogP contribution < -0.4 is 5.32 Å². The van der Waals surface area contributed by atoms with E-state index in [1.54, 1.807) is 11.4 Å². The SMILES string of the molecule is CNCC1CCCCN1S(=O)(=O)N(C)CCC(C)C. The predicted octanol–water partition coefficient (Wildman–Crippen LogP) is 1.28. The van der Waals surface area contributed by atoms with E-state index in [2.05, 4.69) is 19.2 Å². The summed E-state index contributed by atoms with van der Waals surface area (Å²) in [6, 6.07) is 0.102. The van der Waals surface area contributed by atoms with Crippen LogP contribution in [0.15, 0.2) is 0 Å². The molecule has 0 spiro atoms. The number of hydrogen-bond donors (Lipinski definition) is 1. The largest absolute Gasteiger partial charge is 0.318 e. The zero-order valence-corrected chi connectivity index (χ0v) is 13.5. The second-order valence-electron chi connectivity index (χ2n) is 5.83. The van der Waals surface area contributed by atoms with Gasteiger partial charge in [-0.15, -0.1) is 0 Å². The molecule has 114 valence electrons. The third kappa shape index (κ3) is 4.70. The van der Waals surface area contributed by atoms with Crippen LogP contribution in [0.3, 0.4) is 0 Å². The molecule has 1 aliphatic rings. The molecule has 1 atom stereocenters. The van der Waals surface area contributed by atoms with E-state index in [4.69, 9.17) is 0 Å². The summed E-state index contributed by atoms with van der Waals surface area (Å²) >= 11 is 0. The average Bonchev–Trinajstić information content (AvgIpc) is 2.36. The molecule has 5 nitrogen and oxygen atoms in total. The number of hydrogen-bond acceptors (Lipinski definition) is 3. The quantitative estimate of drug-likeness (QED) is 0.769. The molecule has 0 aromatic rings. The number of piperidine rings is 1. The highest BCUT2D eigenvalue weighted by Gasteiger charge is 2.34. The molecule has 0 radical (unpaired) electrons. The third-order valence-corrected chi connectivity index (χ3v) is 5.77. The van der Waals surface area contributed by atoms with Gasteiger partial charge in [0.05, 0.1) is 0 Å². The Morgan fingerprint density at radius 1 is 1.37 bits per heavy atom. The minimum Gasteiger partial charge on any atom is -0.318 e. The minimum absolute atomic E-state index is 0.102. The Bertz CT molecular complexity index is 355. The van der Waals surface area contributed by atoms with Crippen molar-refractivity contribution in [2.75, 3.05) is 33.7 Å². The van der Waals surface area contributed by atoms with Crippen molar-refractivity contribution in [1.29, 1.82) is 0 Å². The van der Waals surface area contributed by atoms with Crippen LogP contribution in [-0.4, -0.2) is 56.8 Å². The Morgan fingerprint density at radius 2 is 2.05 bits per heavy atom. The van der Waals surface area contributed by atoms with Crippen LogP contribution in [0.5, 0.6) is 0 Å². The van der Waals surface area contributed by atoms with Crippen LogP contribution >= 0.6 is 0 Å². The zero-order chi connectivity index (χ0) is 14.5. The lowest BCUT2D eigenvalue weighted by Gasteiger charge is -2.37. The predicted molar refractivity (Wildman–Crippen MR) is 79.3 cm³/mol. The Morgan fingerprint density at radius 3 is 2.63 bits per heavy atom. The molecule has 1 unspecified atom stereocenters. The Balaban J connectivity index is 2.72. The van der Waals surface area contributed by atoms with E-state index in [0.717, 1.165) is 32.2 Å². The van der Waals surface area contributed by atoms with Gasteiger partial charge in [-0.05, 0) is 32.2 Å². The normalized spacial score (nSPS) is 22.3. The molecule has 1 aliphatic heterocycles. The fourth-order valence-electron chi connectivity index (χ4n) is 2.45. The molecule has 0 aromatic heterocycles. The summed E-state index contributed by atoms with van der Waals surface area (Å²) in [7, 11) is 0.272. The number of likely N-dealkylation sites (N-methyl/N-ethyl adjacent to an activating group) is 1. The topological polar surface area (TPSA) is 52.7 Å². The molecule has 1 N–H and O–H groups in total. The Hall–Kier alpha value is -0.170. The van der Waals surface area contributed by atoms with Crippen LogP contribution in [-0.2, 0) is 10.2 Å². The molecule has 0 saturated carbocycles. The molecule has 0 aliphatic carbocycles. The van der Waals surface area contributed by atoms with Gasteiger partial charge < -0.3 is 5.32 Å². The van der Waals surface area contributed by atoms with Crippen LogP contribution in [0.1, 0.15) is 39.5 Å². The maximum absolute atomic E-state index is 12.6. The Kier molecular flexibility index (Phi) is 6.73. The summed E-state index contributed by atoms with van der Waals surface area (Å²) < 4.78 is 28.4. The molecule has 1 heterocycles. The summed E-state index contributed by atoms with van der Waals surface area (Å²) in [5, 5.41) is 3.10. The fourth-order valence-corrected chi connectivity index (χ4v) is 4.06. The van der Waals surface area contributed by atoms with Crippen molar-refractivity contribution in [3.8, 4) is 0 Å². The van der Waals surface area contributed by atoms with E-state index in [0.29, 0.717) is 19.0 Å². The number of rotatable bonds is 7. The summed E-state index contributed by atoms with van der Waals surface area (Å²) in [5.74, 6) is 0.520. The molecule has 6 heteroatoms. The molecular formula is C13H29N3O2S. The summed E-state index contributed by atoms with van der Waals surface area (Å²) in [6.45, 7) is 6.22. The van der Waals surface area contributed by atoms with E-state index in [-0.39, 0.29) is 6.04 Å². The lowest BCUT2D eigenvalue weighted by molar-refractivity contribution is 0.232. The monoisotopic (exact) mass is 291 g/mol. The van der Waals surface area contributed by atoms with Crippen LogP contribution in [0.2, 0.25) is 0 Å². The van der Waals surface area contributed by atoms with E-state index < -0.39 is 10.2 Å². The van der Waals surface area contributed by atoms with E-state index in [1.165, 1.54) is 4.31 Å². The number of nitrogens with one attached hydrogen (secondary N) is 1. The molecule has 1 rings (SSSR count). The standard InChI is InChI=1S/C13H29N3O2S/c1-12(2)8-10-15(4)19(17,18)16-9-6-5-7-13(16)11-14-3/h12-14H,5-11H2,1-4H3. The van der Waals surface area contributed by atoms with Gasteiger partial charge in [0.15, 0.2) is 0 Å². The van der Waals surface area contributed by atoms with Gasteiger partial charge in [-0.2, -0.15) is 17.0 Å². The zero-order valence-electron chi connectivity index (χ0n) is 12.7. The number of nitrogens with zero attached hydrogens (tertiary/aromatic N) is 2. The maximum atomic E-state index is 12.6. The van der Waals surface area contributed by atoms with Crippen LogP contribution in [0, 0.1) is 5.92 Å². The van der Waals surface area contributed by atoms with Gasteiger partial charge in [0.2, 0.25) is 0 Å². The van der Waals surface area contributed by atoms with Crippen molar-refractivity contribution in [3.63, 3.8) is 0 Å². The first kappa shape index (κ1) is 16.9. The summed E-state index contributed by atoms with van der Waals surface area (Å²) in [6.07, 6.45) is 3.95. The van der Waals surface area contributed by atoms with Crippen molar-refractivity contribution in [2.45, 2.75) is 45.6 Å². The smallest absolute Gasteiger partial charge is 0.282 e. The van der Waals surface area contributed by atoms with Crippen LogP contribution in [0.4, 0.5) is 0 Å². The van der Waals surface area contributed by atoms with Gasteiger partial charge in [0, 0.05) is 32.7 Å². The van der Waals surface area contributed by atoms with Crippen molar-refractivity contribution in [1.82, 2.24) is 13.9 Å². The highest BCUT2D eigenvalue weighted by molar-refractivity contribution is 7.86. The summed E-state index contributed by atoms with van der Waals surface area (Å²) in [4.78, 5) is 0. The van der Waals surface area contributed by atoms with E-state index >= 15 is 0 Å². The van der Waals surface area contributed by atoms with Gasteiger partial charge in [0.25, 0.3) is 10.2 Å². The first-order chi connectivity index (χ1) is 8.89. The van der Waals surface area contributed by atoms with E-state index in [9.17, 15) is 8.42 Å². The molecular weight excluding hydrogens is 262 g/mol. The van der Waals surface area contributed by atoms with Gasteiger partial charge in [-0.25, -0.2) is 0 Å². The molecule has 0 amide bonds. The van der Waals surface area contributed by atoms with Gasteiger partial charge in [-0.3, -0.25) is 0 Å². The van der Waals surface area contributed by atoms with Crippen LogP contribution in [0.25, 0.3) is 0 Å². The maximum Gasteiger partial charge on any atom is 0.282 e. The second kappa shape index (κ2) is 7.57. The molecule has 19 heavy (non-hydrogen) atoms. The van der Waals surface area contributed by atoms with Crippen molar-refractivity contribution < 1.29 is 8.42 Å². The highest BCUT2D eigenvalue weighted by Crippen LogP contribution is 2.22. The lowest BCUT2D eigenvalue weighted by Crippen LogP contribution is -2.52. The molecule has 1 fully saturated rings. The Labute approximate surface area is 118 Å². The molecule has 0 aromatic carbocycles. The highest BCUT2D eigenvalue weighted by atomic mass is 32.2. The lowest BCUT2D eigenvalue weighted by atomic mass is 10.1. The fraction of sp³-hybridized carbons (Fsp3) is 1.00. The first-order valence-electron chi connectivity index (χ1n) is 7.27.